The summed E-state index contributed by atoms with van der Waals surface area (Å²) in [5.41, 5.74) is -0.894. The molecule has 1 aromatic rings. The van der Waals surface area contributed by atoms with Crippen LogP contribution in [0.4, 0.5) is 15.0 Å². The van der Waals surface area contributed by atoms with Crippen LogP contribution < -0.4 is 5.32 Å². The Morgan fingerprint density at radius 3 is 2.50 bits per heavy atom. The lowest BCUT2D eigenvalue weighted by Gasteiger charge is -2.42. The van der Waals surface area contributed by atoms with E-state index in [0.717, 1.165) is 0 Å². The Balaban J connectivity index is 2.02. The number of pyridine rings is 1. The van der Waals surface area contributed by atoms with Crippen molar-refractivity contribution < 1.29 is 19.1 Å². The van der Waals surface area contributed by atoms with E-state index in [1.165, 1.54) is 23.2 Å². The Morgan fingerprint density at radius 2 is 1.95 bits per heavy atom. The average Bonchev–Trinajstić information content (AvgIpc) is 2.49. The maximum atomic E-state index is 13.6. The van der Waals surface area contributed by atoms with Gasteiger partial charge in [0.25, 0.3) is 0 Å². The predicted molar refractivity (Wildman–Crippen MR) is 78.1 cm³/mol. The minimum Gasteiger partial charge on any atom is -0.465 e. The highest BCUT2D eigenvalue weighted by Crippen LogP contribution is 2.20. The van der Waals surface area contributed by atoms with Crippen LogP contribution >= 0.6 is 0 Å². The molecule has 0 atom stereocenters. The maximum absolute atomic E-state index is 13.6. The lowest BCUT2D eigenvalue weighted by atomic mass is 10.0. The molecule has 0 saturated carbocycles. The number of anilines is 1. The summed E-state index contributed by atoms with van der Waals surface area (Å²) in [6.07, 6.45) is 0.439. The number of hydrogen-bond acceptors (Lipinski definition) is 4. The van der Waals surface area contributed by atoms with Crippen LogP contribution in [0.5, 0.6) is 0 Å². The van der Waals surface area contributed by atoms with Crippen molar-refractivity contribution in [2.75, 3.05) is 31.5 Å². The molecule has 0 aromatic carbocycles. The van der Waals surface area contributed by atoms with Crippen molar-refractivity contribution in [1.29, 1.82) is 0 Å². The first-order valence-corrected chi connectivity index (χ1v) is 6.97. The molecule has 0 bridgehead atoms. The lowest BCUT2D eigenvalue weighted by molar-refractivity contribution is -0.127. The third-order valence-electron chi connectivity index (χ3n) is 3.89. The van der Waals surface area contributed by atoms with Crippen molar-refractivity contribution in [1.82, 2.24) is 14.8 Å². The van der Waals surface area contributed by atoms with Crippen molar-refractivity contribution in [3.8, 4) is 0 Å². The summed E-state index contributed by atoms with van der Waals surface area (Å²) in [7, 11) is 0. The summed E-state index contributed by atoms with van der Waals surface area (Å²) < 4.78 is 13.6. The van der Waals surface area contributed by atoms with Crippen molar-refractivity contribution in [3.05, 3.63) is 24.1 Å². The van der Waals surface area contributed by atoms with E-state index in [0.29, 0.717) is 26.2 Å². The Labute approximate surface area is 127 Å². The van der Waals surface area contributed by atoms with Gasteiger partial charge in [0.1, 0.15) is 0 Å². The van der Waals surface area contributed by atoms with E-state index in [1.54, 1.807) is 13.8 Å². The van der Waals surface area contributed by atoms with E-state index in [4.69, 9.17) is 5.11 Å². The largest absolute Gasteiger partial charge is 0.465 e. The van der Waals surface area contributed by atoms with Gasteiger partial charge >= 0.3 is 6.09 Å². The number of piperazine rings is 1. The van der Waals surface area contributed by atoms with Gasteiger partial charge in [-0.25, -0.2) is 14.2 Å². The van der Waals surface area contributed by atoms with E-state index in [9.17, 15) is 14.0 Å². The van der Waals surface area contributed by atoms with E-state index in [-0.39, 0.29) is 11.7 Å². The first-order valence-electron chi connectivity index (χ1n) is 6.97. The summed E-state index contributed by atoms with van der Waals surface area (Å²) in [4.78, 5) is 30.3. The maximum Gasteiger partial charge on any atom is 0.407 e. The Bertz CT molecular complexity index is 571. The van der Waals surface area contributed by atoms with Gasteiger partial charge in [0, 0.05) is 32.4 Å². The molecule has 8 heteroatoms. The molecule has 1 fully saturated rings. The molecule has 0 aliphatic carbocycles. The third-order valence-corrected chi connectivity index (χ3v) is 3.89. The molecular weight excluding hydrogens is 291 g/mol. The van der Waals surface area contributed by atoms with E-state index >= 15 is 0 Å². The number of aromatic nitrogens is 1. The highest BCUT2D eigenvalue weighted by atomic mass is 19.1. The first kappa shape index (κ1) is 16.2. The van der Waals surface area contributed by atoms with Gasteiger partial charge in [0.2, 0.25) is 5.91 Å². The molecule has 2 heterocycles. The fraction of sp³-hybridized carbons (Fsp3) is 0.500. The second-order valence-corrected chi connectivity index (χ2v) is 5.60. The molecule has 2 rings (SSSR count). The number of amides is 2. The topological polar surface area (TPSA) is 85.8 Å². The molecule has 22 heavy (non-hydrogen) atoms. The second kappa shape index (κ2) is 6.27. The van der Waals surface area contributed by atoms with Gasteiger partial charge in [-0.1, -0.05) is 0 Å². The van der Waals surface area contributed by atoms with Gasteiger partial charge in [-0.05, 0) is 26.0 Å². The Hall–Kier alpha value is -2.22. The van der Waals surface area contributed by atoms with Gasteiger partial charge in [-0.15, -0.1) is 0 Å². The van der Waals surface area contributed by atoms with Gasteiger partial charge in [-0.2, -0.15) is 0 Å². The SMILES string of the molecule is CC(C)(C(=O)Nc1ncccc1F)N1CCN(C(=O)O)CC1. The number of halogens is 1. The molecule has 7 nitrogen and oxygen atoms in total. The molecule has 2 amide bonds. The molecule has 1 aliphatic heterocycles. The summed E-state index contributed by atoms with van der Waals surface area (Å²) in [6.45, 7) is 5.00. The van der Waals surface area contributed by atoms with Crippen LogP contribution in [0, 0.1) is 5.82 Å². The number of carbonyl (C=O) groups is 2. The van der Waals surface area contributed by atoms with Crippen LogP contribution in [0.1, 0.15) is 13.8 Å². The minimum atomic E-state index is -0.961. The number of carbonyl (C=O) groups excluding carboxylic acids is 1. The number of hydrogen-bond donors (Lipinski definition) is 2. The number of carboxylic acid groups (broad SMARTS) is 1. The van der Waals surface area contributed by atoms with Crippen LogP contribution in [0.25, 0.3) is 0 Å². The van der Waals surface area contributed by atoms with E-state index in [2.05, 4.69) is 10.3 Å². The Kier molecular flexibility index (Phi) is 4.60. The summed E-state index contributed by atoms with van der Waals surface area (Å²) in [5.74, 6) is -1.08. The number of rotatable bonds is 3. The quantitative estimate of drug-likeness (QED) is 0.877. The predicted octanol–water partition coefficient (Wildman–Crippen LogP) is 1.23. The zero-order valence-corrected chi connectivity index (χ0v) is 12.5. The smallest absolute Gasteiger partial charge is 0.407 e. The molecule has 0 radical (unpaired) electrons. The zero-order valence-electron chi connectivity index (χ0n) is 12.5. The lowest BCUT2D eigenvalue weighted by Crippen LogP contribution is -2.59. The van der Waals surface area contributed by atoms with Crippen LogP contribution in [-0.4, -0.2) is 63.6 Å². The minimum absolute atomic E-state index is 0.107. The summed E-state index contributed by atoms with van der Waals surface area (Å²) >= 11 is 0. The molecule has 0 unspecified atom stereocenters. The van der Waals surface area contributed by atoms with Gasteiger partial charge in [0.15, 0.2) is 11.6 Å². The molecule has 1 aromatic heterocycles. The van der Waals surface area contributed by atoms with Gasteiger partial charge < -0.3 is 15.3 Å². The fourth-order valence-electron chi connectivity index (χ4n) is 2.34. The van der Waals surface area contributed by atoms with Crippen LogP contribution in [0.2, 0.25) is 0 Å². The second-order valence-electron chi connectivity index (χ2n) is 5.60. The van der Waals surface area contributed by atoms with Crippen LogP contribution in [-0.2, 0) is 4.79 Å². The van der Waals surface area contributed by atoms with Gasteiger partial charge in [0.05, 0.1) is 5.54 Å². The Morgan fingerprint density at radius 1 is 1.32 bits per heavy atom. The summed E-state index contributed by atoms with van der Waals surface area (Å²) in [6, 6.07) is 2.67. The van der Waals surface area contributed by atoms with E-state index < -0.39 is 17.4 Å². The molecule has 1 aliphatic rings. The van der Waals surface area contributed by atoms with Crippen molar-refractivity contribution in [2.45, 2.75) is 19.4 Å². The average molecular weight is 310 g/mol. The standard InChI is InChI=1S/C14H19FN4O3/c1-14(2,19-8-6-18(7-9-19)13(21)22)12(20)17-11-10(15)4-3-5-16-11/h3-5H,6-9H2,1-2H3,(H,21,22)(H,16,17,20). The fourth-order valence-corrected chi connectivity index (χ4v) is 2.34. The molecule has 1 saturated heterocycles. The van der Waals surface area contributed by atoms with Crippen LogP contribution in [0.15, 0.2) is 18.3 Å². The molecule has 2 N–H and O–H groups in total. The van der Waals surface area contributed by atoms with Crippen molar-refractivity contribution in [2.24, 2.45) is 0 Å². The monoisotopic (exact) mass is 310 g/mol. The third kappa shape index (κ3) is 3.33. The molecule has 120 valence electrons. The summed E-state index contributed by atoms with van der Waals surface area (Å²) in [5, 5.41) is 11.4. The van der Waals surface area contributed by atoms with Crippen molar-refractivity contribution in [3.63, 3.8) is 0 Å². The molecular formula is C14H19FN4O3. The van der Waals surface area contributed by atoms with Gasteiger partial charge in [-0.3, -0.25) is 9.69 Å². The normalized spacial score (nSPS) is 16.4. The van der Waals surface area contributed by atoms with E-state index in [1.807, 2.05) is 4.90 Å². The van der Waals surface area contributed by atoms with Crippen molar-refractivity contribution >= 4 is 17.8 Å². The zero-order chi connectivity index (χ0) is 16.3. The first-order chi connectivity index (χ1) is 10.3. The number of nitrogens with zero attached hydrogens (tertiary/aromatic N) is 3. The highest BCUT2D eigenvalue weighted by molar-refractivity contribution is 5.96. The number of nitrogens with one attached hydrogen (secondary N) is 1. The van der Waals surface area contributed by atoms with Crippen LogP contribution in [0.3, 0.4) is 0 Å². The molecule has 0 spiro atoms. The highest BCUT2D eigenvalue weighted by Gasteiger charge is 2.37.